The van der Waals surface area contributed by atoms with Gasteiger partial charge >= 0.3 is 0 Å². The summed E-state index contributed by atoms with van der Waals surface area (Å²) < 4.78 is 0. The SMILES string of the molecule is O[C@@H](CBr)c1ccc2ccccc2c1. The maximum Gasteiger partial charge on any atom is 0.0887 e. The van der Waals surface area contributed by atoms with Crippen LogP contribution < -0.4 is 0 Å². The highest BCUT2D eigenvalue weighted by Gasteiger charge is 2.05. The number of alkyl halides is 1. The van der Waals surface area contributed by atoms with E-state index in [-0.39, 0.29) is 0 Å². The Bertz CT molecular complexity index is 439. The summed E-state index contributed by atoms with van der Waals surface area (Å²) in [5, 5.41) is 12.6. The number of hydrogen-bond donors (Lipinski definition) is 1. The van der Waals surface area contributed by atoms with Gasteiger partial charge in [-0.05, 0) is 22.4 Å². The molecule has 0 aliphatic rings. The van der Waals surface area contributed by atoms with Crippen molar-refractivity contribution in [2.75, 3.05) is 5.33 Å². The lowest BCUT2D eigenvalue weighted by molar-refractivity contribution is 0.205. The quantitative estimate of drug-likeness (QED) is 0.812. The standard InChI is InChI=1S/C12H11BrO/c13-8-12(14)11-6-5-9-3-1-2-4-10(9)7-11/h1-7,12,14H,8H2/t12-/m0/s1. The van der Waals surface area contributed by atoms with Crippen LogP contribution in [0.1, 0.15) is 11.7 Å². The van der Waals surface area contributed by atoms with Gasteiger partial charge in [-0.2, -0.15) is 0 Å². The normalized spacial score (nSPS) is 13.0. The maximum atomic E-state index is 9.64. The molecule has 14 heavy (non-hydrogen) atoms. The van der Waals surface area contributed by atoms with Gasteiger partial charge in [-0.3, -0.25) is 0 Å². The van der Waals surface area contributed by atoms with Crippen molar-refractivity contribution in [1.82, 2.24) is 0 Å². The van der Waals surface area contributed by atoms with E-state index in [4.69, 9.17) is 0 Å². The van der Waals surface area contributed by atoms with Crippen molar-refractivity contribution in [3.63, 3.8) is 0 Å². The molecule has 0 heterocycles. The molecule has 0 radical (unpaired) electrons. The van der Waals surface area contributed by atoms with Crippen LogP contribution in [0.2, 0.25) is 0 Å². The highest BCUT2D eigenvalue weighted by Crippen LogP contribution is 2.21. The maximum absolute atomic E-state index is 9.64. The number of fused-ring (bicyclic) bond motifs is 1. The zero-order valence-corrected chi connectivity index (χ0v) is 9.24. The minimum atomic E-state index is -0.417. The van der Waals surface area contributed by atoms with Crippen LogP contribution in [0.5, 0.6) is 0 Å². The van der Waals surface area contributed by atoms with Gasteiger partial charge < -0.3 is 5.11 Å². The van der Waals surface area contributed by atoms with Crippen molar-refractivity contribution in [2.45, 2.75) is 6.10 Å². The molecule has 0 aromatic heterocycles. The Labute approximate surface area is 91.5 Å². The van der Waals surface area contributed by atoms with E-state index < -0.39 is 6.10 Å². The van der Waals surface area contributed by atoms with Crippen LogP contribution in [0.3, 0.4) is 0 Å². The van der Waals surface area contributed by atoms with Gasteiger partial charge in [0.2, 0.25) is 0 Å². The minimum Gasteiger partial charge on any atom is -0.388 e. The second kappa shape index (κ2) is 4.11. The number of hydrogen-bond acceptors (Lipinski definition) is 1. The van der Waals surface area contributed by atoms with Gasteiger partial charge in [0.25, 0.3) is 0 Å². The van der Waals surface area contributed by atoms with Gasteiger partial charge in [-0.1, -0.05) is 52.3 Å². The van der Waals surface area contributed by atoms with Crippen LogP contribution >= 0.6 is 15.9 Å². The van der Waals surface area contributed by atoms with Crippen molar-refractivity contribution in [3.8, 4) is 0 Å². The third kappa shape index (κ3) is 1.81. The van der Waals surface area contributed by atoms with E-state index in [0.29, 0.717) is 5.33 Å². The fourth-order valence-electron chi connectivity index (χ4n) is 1.50. The Morgan fingerprint density at radius 1 is 1.07 bits per heavy atom. The van der Waals surface area contributed by atoms with Crippen LogP contribution in [-0.2, 0) is 0 Å². The monoisotopic (exact) mass is 250 g/mol. The first-order valence-electron chi connectivity index (χ1n) is 4.54. The average molecular weight is 251 g/mol. The predicted octanol–water partition coefficient (Wildman–Crippen LogP) is 3.27. The highest BCUT2D eigenvalue weighted by atomic mass is 79.9. The zero-order chi connectivity index (χ0) is 9.97. The van der Waals surface area contributed by atoms with Gasteiger partial charge in [0.15, 0.2) is 0 Å². The summed E-state index contributed by atoms with van der Waals surface area (Å²) in [6.07, 6.45) is -0.417. The first-order valence-corrected chi connectivity index (χ1v) is 5.66. The summed E-state index contributed by atoms with van der Waals surface area (Å²) in [6.45, 7) is 0. The van der Waals surface area contributed by atoms with Crippen LogP contribution in [0.15, 0.2) is 42.5 Å². The molecule has 0 aliphatic heterocycles. The van der Waals surface area contributed by atoms with Gasteiger partial charge in [-0.25, -0.2) is 0 Å². The van der Waals surface area contributed by atoms with Crippen LogP contribution in [0, 0.1) is 0 Å². The molecule has 0 saturated heterocycles. The van der Waals surface area contributed by atoms with Crippen molar-refractivity contribution in [2.24, 2.45) is 0 Å². The molecule has 0 bridgehead atoms. The van der Waals surface area contributed by atoms with Gasteiger partial charge in [0, 0.05) is 5.33 Å². The first kappa shape index (κ1) is 9.69. The van der Waals surface area contributed by atoms with Crippen molar-refractivity contribution < 1.29 is 5.11 Å². The summed E-state index contributed by atoms with van der Waals surface area (Å²) in [5.41, 5.74) is 0.959. The van der Waals surface area contributed by atoms with Crippen LogP contribution in [0.25, 0.3) is 10.8 Å². The Hall–Kier alpha value is -0.860. The summed E-state index contributed by atoms with van der Waals surface area (Å²) in [7, 11) is 0. The highest BCUT2D eigenvalue weighted by molar-refractivity contribution is 9.09. The van der Waals surface area contributed by atoms with Gasteiger partial charge in [-0.15, -0.1) is 0 Å². The predicted molar refractivity (Wildman–Crippen MR) is 62.7 cm³/mol. The summed E-state index contributed by atoms with van der Waals surface area (Å²) >= 11 is 3.27. The van der Waals surface area contributed by atoms with Crippen LogP contribution in [-0.4, -0.2) is 10.4 Å². The van der Waals surface area contributed by atoms with Crippen LogP contribution in [0.4, 0.5) is 0 Å². The molecule has 0 unspecified atom stereocenters. The molecule has 1 nitrogen and oxygen atoms in total. The van der Waals surface area contributed by atoms with Crippen molar-refractivity contribution >= 4 is 26.7 Å². The number of aliphatic hydroxyl groups excluding tert-OH is 1. The number of benzene rings is 2. The second-order valence-corrected chi connectivity index (χ2v) is 3.92. The Morgan fingerprint density at radius 3 is 2.50 bits per heavy atom. The molecule has 2 rings (SSSR count). The van der Waals surface area contributed by atoms with Crippen molar-refractivity contribution in [3.05, 3.63) is 48.0 Å². The third-order valence-corrected chi connectivity index (χ3v) is 2.92. The molecule has 1 atom stereocenters. The average Bonchev–Trinajstić information content (AvgIpc) is 2.27. The minimum absolute atomic E-state index is 0.417. The molecule has 72 valence electrons. The Kier molecular flexibility index (Phi) is 2.85. The van der Waals surface area contributed by atoms with E-state index in [1.165, 1.54) is 10.8 Å². The third-order valence-electron chi connectivity index (χ3n) is 2.30. The summed E-state index contributed by atoms with van der Waals surface area (Å²) in [5.74, 6) is 0. The Morgan fingerprint density at radius 2 is 1.79 bits per heavy atom. The molecule has 2 heteroatoms. The summed E-state index contributed by atoms with van der Waals surface area (Å²) in [4.78, 5) is 0. The van der Waals surface area contributed by atoms with E-state index >= 15 is 0 Å². The fourth-order valence-corrected chi connectivity index (χ4v) is 1.88. The molecular weight excluding hydrogens is 240 g/mol. The number of halogens is 1. The molecular formula is C12H11BrO. The molecule has 0 saturated carbocycles. The first-order chi connectivity index (χ1) is 6.81. The van der Waals surface area contributed by atoms with E-state index in [2.05, 4.69) is 28.1 Å². The number of rotatable bonds is 2. The molecule has 0 amide bonds. The molecule has 1 N–H and O–H groups in total. The molecule has 2 aromatic rings. The second-order valence-electron chi connectivity index (χ2n) is 3.28. The lowest BCUT2D eigenvalue weighted by Crippen LogP contribution is -1.97. The summed E-state index contributed by atoms with van der Waals surface area (Å²) in [6, 6.07) is 14.2. The largest absolute Gasteiger partial charge is 0.388 e. The molecule has 0 fully saturated rings. The molecule has 2 aromatic carbocycles. The topological polar surface area (TPSA) is 20.2 Å². The van der Waals surface area contributed by atoms with Gasteiger partial charge in [0.05, 0.1) is 6.10 Å². The zero-order valence-electron chi connectivity index (χ0n) is 7.65. The number of aliphatic hydroxyl groups is 1. The fraction of sp³-hybridized carbons (Fsp3) is 0.167. The van der Waals surface area contributed by atoms with Gasteiger partial charge in [0.1, 0.15) is 0 Å². The van der Waals surface area contributed by atoms with E-state index in [1.807, 2.05) is 30.3 Å². The van der Waals surface area contributed by atoms with E-state index in [9.17, 15) is 5.11 Å². The lowest BCUT2D eigenvalue weighted by atomic mass is 10.0. The van der Waals surface area contributed by atoms with E-state index in [0.717, 1.165) is 5.56 Å². The molecule has 0 spiro atoms. The molecule has 0 aliphatic carbocycles. The Balaban J connectivity index is 2.51. The smallest absolute Gasteiger partial charge is 0.0887 e. The van der Waals surface area contributed by atoms with Crippen molar-refractivity contribution in [1.29, 1.82) is 0 Å². The lowest BCUT2D eigenvalue weighted by Gasteiger charge is -2.08. The van der Waals surface area contributed by atoms with E-state index in [1.54, 1.807) is 0 Å².